The maximum absolute atomic E-state index is 11.9. The monoisotopic (exact) mass is 255 g/mol. The molecule has 0 radical (unpaired) electrons. The van der Waals surface area contributed by atoms with Crippen LogP contribution in [0.1, 0.15) is 15.5 Å². The van der Waals surface area contributed by atoms with Crippen molar-refractivity contribution in [3.63, 3.8) is 0 Å². The second-order valence-electron chi connectivity index (χ2n) is 3.30. The highest BCUT2D eigenvalue weighted by molar-refractivity contribution is 7.17. The average molecular weight is 256 g/mol. The zero-order valence-corrected chi connectivity index (χ0v) is 10.2. The SMILES string of the molecule is CN(Cc1ncc[nH]1)C(=O)c1ccc(Cl)s1. The summed E-state index contributed by atoms with van der Waals surface area (Å²) in [6.07, 6.45) is 3.39. The zero-order valence-electron chi connectivity index (χ0n) is 8.61. The summed E-state index contributed by atoms with van der Waals surface area (Å²) >= 11 is 7.06. The minimum absolute atomic E-state index is 0.0479. The fraction of sp³-hybridized carbons (Fsp3) is 0.200. The van der Waals surface area contributed by atoms with Crippen LogP contribution in [-0.2, 0) is 6.54 Å². The second kappa shape index (κ2) is 4.67. The lowest BCUT2D eigenvalue weighted by molar-refractivity contribution is 0.0786. The van der Waals surface area contributed by atoms with Gasteiger partial charge in [0.15, 0.2) is 0 Å². The number of halogens is 1. The molecule has 0 aromatic carbocycles. The van der Waals surface area contributed by atoms with E-state index in [1.165, 1.54) is 11.3 Å². The number of H-pyrrole nitrogens is 1. The minimum atomic E-state index is -0.0479. The molecule has 2 aromatic heterocycles. The Morgan fingerprint density at radius 2 is 2.44 bits per heavy atom. The van der Waals surface area contributed by atoms with Gasteiger partial charge in [-0.05, 0) is 12.1 Å². The van der Waals surface area contributed by atoms with Gasteiger partial charge in [-0.3, -0.25) is 4.79 Å². The Balaban J connectivity index is 2.05. The Bertz CT molecular complexity index is 480. The van der Waals surface area contributed by atoms with Crippen LogP contribution in [0.15, 0.2) is 24.5 Å². The lowest BCUT2D eigenvalue weighted by Crippen LogP contribution is -2.25. The summed E-state index contributed by atoms with van der Waals surface area (Å²) < 4.78 is 0.620. The number of carbonyl (C=O) groups excluding carboxylic acids is 1. The smallest absolute Gasteiger partial charge is 0.264 e. The maximum atomic E-state index is 11.9. The van der Waals surface area contributed by atoms with Crippen molar-refractivity contribution >= 4 is 28.8 Å². The van der Waals surface area contributed by atoms with Crippen LogP contribution in [0.3, 0.4) is 0 Å². The molecule has 16 heavy (non-hydrogen) atoms. The predicted octanol–water partition coefficient (Wildman–Crippen LogP) is 2.40. The van der Waals surface area contributed by atoms with Crippen LogP contribution in [0.25, 0.3) is 0 Å². The molecule has 6 heteroatoms. The van der Waals surface area contributed by atoms with Crippen molar-refractivity contribution < 1.29 is 4.79 Å². The first-order chi connectivity index (χ1) is 7.66. The highest BCUT2D eigenvalue weighted by atomic mass is 35.5. The van der Waals surface area contributed by atoms with Gasteiger partial charge in [-0.2, -0.15) is 0 Å². The van der Waals surface area contributed by atoms with Crippen LogP contribution in [0.4, 0.5) is 0 Å². The molecule has 2 rings (SSSR count). The number of rotatable bonds is 3. The van der Waals surface area contributed by atoms with Crippen LogP contribution in [0.2, 0.25) is 4.34 Å². The molecule has 1 N–H and O–H groups in total. The molecule has 0 saturated carbocycles. The molecule has 0 spiro atoms. The van der Waals surface area contributed by atoms with Gasteiger partial charge in [0.2, 0.25) is 0 Å². The highest BCUT2D eigenvalue weighted by Gasteiger charge is 2.14. The Kier molecular flexibility index (Phi) is 3.26. The molecule has 0 bridgehead atoms. The summed E-state index contributed by atoms with van der Waals surface area (Å²) in [5, 5.41) is 0. The normalized spacial score (nSPS) is 10.4. The number of imidazole rings is 1. The average Bonchev–Trinajstić information content (AvgIpc) is 2.88. The predicted molar refractivity (Wildman–Crippen MR) is 63.7 cm³/mol. The van der Waals surface area contributed by atoms with E-state index in [-0.39, 0.29) is 5.91 Å². The first-order valence-electron chi connectivity index (χ1n) is 4.66. The van der Waals surface area contributed by atoms with Crippen molar-refractivity contribution in [2.75, 3.05) is 7.05 Å². The van der Waals surface area contributed by atoms with Crippen LogP contribution < -0.4 is 0 Å². The highest BCUT2D eigenvalue weighted by Crippen LogP contribution is 2.22. The van der Waals surface area contributed by atoms with Gasteiger partial charge in [-0.25, -0.2) is 4.98 Å². The number of aromatic amines is 1. The van der Waals surface area contributed by atoms with E-state index in [4.69, 9.17) is 11.6 Å². The Morgan fingerprint density at radius 3 is 3.00 bits per heavy atom. The van der Waals surface area contributed by atoms with E-state index in [0.717, 1.165) is 5.82 Å². The molecule has 0 saturated heterocycles. The Morgan fingerprint density at radius 1 is 1.62 bits per heavy atom. The largest absolute Gasteiger partial charge is 0.347 e. The number of hydrogen-bond acceptors (Lipinski definition) is 3. The third-order valence-electron chi connectivity index (χ3n) is 2.07. The zero-order chi connectivity index (χ0) is 11.5. The van der Waals surface area contributed by atoms with Gasteiger partial charge in [0.05, 0.1) is 15.8 Å². The molecular formula is C10H10ClN3OS. The number of aromatic nitrogens is 2. The lowest BCUT2D eigenvalue weighted by Gasteiger charge is -2.14. The summed E-state index contributed by atoms with van der Waals surface area (Å²) in [4.78, 5) is 21.2. The van der Waals surface area contributed by atoms with E-state index in [1.807, 2.05) is 0 Å². The van der Waals surface area contributed by atoms with Gasteiger partial charge in [0.25, 0.3) is 5.91 Å². The van der Waals surface area contributed by atoms with Crippen molar-refractivity contribution in [3.8, 4) is 0 Å². The number of amides is 1. The fourth-order valence-corrected chi connectivity index (χ4v) is 2.34. The number of hydrogen-bond donors (Lipinski definition) is 1. The molecule has 2 heterocycles. The molecule has 0 aliphatic heterocycles. The third-order valence-corrected chi connectivity index (χ3v) is 3.29. The summed E-state index contributed by atoms with van der Waals surface area (Å²) in [6, 6.07) is 3.45. The number of nitrogens with zero attached hydrogens (tertiary/aromatic N) is 2. The molecule has 0 unspecified atom stereocenters. The van der Waals surface area contributed by atoms with E-state index in [1.54, 1.807) is 36.5 Å². The minimum Gasteiger partial charge on any atom is -0.347 e. The molecule has 0 aliphatic rings. The van der Waals surface area contributed by atoms with Gasteiger partial charge in [0, 0.05) is 19.4 Å². The molecule has 2 aromatic rings. The topological polar surface area (TPSA) is 49.0 Å². The van der Waals surface area contributed by atoms with Gasteiger partial charge in [0.1, 0.15) is 5.82 Å². The fourth-order valence-electron chi connectivity index (χ4n) is 1.30. The summed E-state index contributed by atoms with van der Waals surface area (Å²) in [6.45, 7) is 0.460. The molecular weight excluding hydrogens is 246 g/mol. The standard InChI is InChI=1S/C10H10ClN3OS/c1-14(6-9-12-4-5-13-9)10(15)7-2-3-8(11)16-7/h2-5H,6H2,1H3,(H,12,13). The molecule has 84 valence electrons. The van der Waals surface area contributed by atoms with Crippen LogP contribution in [0, 0.1) is 0 Å². The van der Waals surface area contributed by atoms with Crippen LogP contribution in [-0.4, -0.2) is 27.8 Å². The Labute approximate surface area is 102 Å². The van der Waals surface area contributed by atoms with E-state index >= 15 is 0 Å². The number of nitrogens with one attached hydrogen (secondary N) is 1. The molecule has 0 fully saturated rings. The van der Waals surface area contributed by atoms with E-state index in [2.05, 4.69) is 9.97 Å². The summed E-state index contributed by atoms with van der Waals surface area (Å²) in [5.41, 5.74) is 0. The summed E-state index contributed by atoms with van der Waals surface area (Å²) in [5.74, 6) is 0.715. The lowest BCUT2D eigenvalue weighted by atomic mass is 10.4. The van der Waals surface area contributed by atoms with E-state index in [0.29, 0.717) is 15.8 Å². The van der Waals surface area contributed by atoms with E-state index in [9.17, 15) is 4.79 Å². The van der Waals surface area contributed by atoms with Gasteiger partial charge in [-0.15, -0.1) is 11.3 Å². The van der Waals surface area contributed by atoms with Crippen molar-refractivity contribution in [2.24, 2.45) is 0 Å². The molecule has 4 nitrogen and oxygen atoms in total. The quantitative estimate of drug-likeness (QED) is 0.916. The van der Waals surface area contributed by atoms with Gasteiger partial charge >= 0.3 is 0 Å². The van der Waals surface area contributed by atoms with Crippen LogP contribution in [0.5, 0.6) is 0 Å². The third kappa shape index (κ3) is 2.43. The van der Waals surface area contributed by atoms with Crippen molar-refractivity contribution in [1.29, 1.82) is 0 Å². The van der Waals surface area contributed by atoms with Crippen molar-refractivity contribution in [2.45, 2.75) is 6.54 Å². The van der Waals surface area contributed by atoms with Crippen molar-refractivity contribution in [3.05, 3.63) is 39.6 Å². The molecule has 1 amide bonds. The number of thiophene rings is 1. The Hall–Kier alpha value is -1.33. The second-order valence-corrected chi connectivity index (χ2v) is 5.02. The first kappa shape index (κ1) is 11.2. The number of carbonyl (C=O) groups is 1. The van der Waals surface area contributed by atoms with Crippen molar-refractivity contribution in [1.82, 2.24) is 14.9 Å². The molecule has 0 aliphatic carbocycles. The first-order valence-corrected chi connectivity index (χ1v) is 5.85. The summed E-state index contributed by atoms with van der Waals surface area (Å²) in [7, 11) is 1.73. The maximum Gasteiger partial charge on any atom is 0.264 e. The van der Waals surface area contributed by atoms with Crippen LogP contribution >= 0.6 is 22.9 Å². The van der Waals surface area contributed by atoms with Gasteiger partial charge < -0.3 is 9.88 Å². The van der Waals surface area contributed by atoms with E-state index < -0.39 is 0 Å². The molecule has 0 atom stereocenters. The van der Waals surface area contributed by atoms with Gasteiger partial charge in [-0.1, -0.05) is 11.6 Å².